The Morgan fingerprint density at radius 1 is 1.28 bits per heavy atom. The molecule has 1 aliphatic rings. The molecule has 2 heterocycles. The summed E-state index contributed by atoms with van der Waals surface area (Å²) in [6.07, 6.45) is 1.94. The van der Waals surface area contributed by atoms with Crippen molar-refractivity contribution in [2.24, 2.45) is 5.92 Å². The number of ether oxygens (including phenoxy) is 1. The van der Waals surface area contributed by atoms with Crippen LogP contribution in [0.25, 0.3) is 0 Å². The monoisotopic (exact) mass is 341 g/mol. The Morgan fingerprint density at radius 2 is 2.08 bits per heavy atom. The maximum absolute atomic E-state index is 12.6. The molecule has 0 bridgehead atoms. The molecule has 1 unspecified atom stereocenters. The Bertz CT molecular complexity index is 811. The second kappa shape index (κ2) is 7.55. The van der Waals surface area contributed by atoms with Crippen molar-refractivity contribution >= 4 is 5.91 Å². The highest BCUT2D eigenvalue weighted by molar-refractivity contribution is 5.91. The molecule has 0 spiro atoms. The van der Waals surface area contributed by atoms with Gasteiger partial charge < -0.3 is 14.1 Å². The third-order valence-corrected chi connectivity index (χ3v) is 4.47. The van der Waals surface area contributed by atoms with Gasteiger partial charge in [0.2, 0.25) is 0 Å². The summed E-state index contributed by atoms with van der Waals surface area (Å²) in [6.45, 7) is 5.56. The normalized spacial score (nSPS) is 17.4. The van der Waals surface area contributed by atoms with Gasteiger partial charge in [0.25, 0.3) is 5.91 Å². The summed E-state index contributed by atoms with van der Waals surface area (Å²) in [5, 5.41) is 0. The first-order valence-electron chi connectivity index (χ1n) is 8.62. The van der Waals surface area contributed by atoms with Gasteiger partial charge in [-0.05, 0) is 38.3 Å². The van der Waals surface area contributed by atoms with Crippen molar-refractivity contribution in [1.82, 2.24) is 4.90 Å². The molecule has 132 valence electrons. The van der Waals surface area contributed by atoms with Gasteiger partial charge in [0.15, 0.2) is 11.2 Å². The molecule has 1 atom stereocenters. The highest BCUT2D eigenvalue weighted by Crippen LogP contribution is 2.22. The Morgan fingerprint density at radius 3 is 2.84 bits per heavy atom. The minimum atomic E-state index is -0.221. The summed E-state index contributed by atoms with van der Waals surface area (Å²) < 4.78 is 11.4. The summed E-state index contributed by atoms with van der Waals surface area (Å²) in [6, 6.07) is 10.6. The van der Waals surface area contributed by atoms with Gasteiger partial charge in [0, 0.05) is 31.1 Å². The third-order valence-electron chi connectivity index (χ3n) is 4.47. The molecule has 0 N–H and O–H groups in total. The number of hydrogen-bond acceptors (Lipinski definition) is 4. The number of carbonyl (C=O) groups is 1. The van der Waals surface area contributed by atoms with Gasteiger partial charge in [-0.25, -0.2) is 0 Å². The number of rotatable bonds is 4. The van der Waals surface area contributed by atoms with Crippen LogP contribution in [0.3, 0.4) is 0 Å². The molecule has 1 aliphatic heterocycles. The molecule has 1 saturated heterocycles. The van der Waals surface area contributed by atoms with E-state index in [-0.39, 0.29) is 23.0 Å². The average molecular weight is 341 g/mol. The SMILES string of the molecule is Cc1cc(=O)cc(C(=O)N2CCCC(COc3ccccc3C)C2)o1. The second-order valence-corrected chi connectivity index (χ2v) is 6.60. The van der Waals surface area contributed by atoms with Crippen LogP contribution in [0, 0.1) is 19.8 Å². The fourth-order valence-corrected chi connectivity index (χ4v) is 3.18. The summed E-state index contributed by atoms with van der Waals surface area (Å²) in [5.74, 6) is 1.50. The predicted molar refractivity (Wildman–Crippen MR) is 95.0 cm³/mol. The Balaban J connectivity index is 1.63. The van der Waals surface area contributed by atoms with E-state index in [1.165, 1.54) is 12.1 Å². The van der Waals surface area contributed by atoms with Gasteiger partial charge >= 0.3 is 0 Å². The molecule has 1 amide bonds. The van der Waals surface area contributed by atoms with Crippen molar-refractivity contribution in [1.29, 1.82) is 0 Å². The maximum atomic E-state index is 12.6. The summed E-state index contributed by atoms with van der Waals surface area (Å²) in [4.78, 5) is 26.0. The fourth-order valence-electron chi connectivity index (χ4n) is 3.18. The molecule has 25 heavy (non-hydrogen) atoms. The average Bonchev–Trinajstić information content (AvgIpc) is 2.60. The van der Waals surface area contributed by atoms with Gasteiger partial charge in [0.1, 0.15) is 11.5 Å². The van der Waals surface area contributed by atoms with E-state index in [4.69, 9.17) is 9.15 Å². The van der Waals surface area contributed by atoms with E-state index in [9.17, 15) is 9.59 Å². The number of carbonyl (C=O) groups excluding carboxylic acids is 1. The van der Waals surface area contributed by atoms with E-state index >= 15 is 0 Å². The van der Waals surface area contributed by atoms with Crippen LogP contribution in [0.4, 0.5) is 0 Å². The standard InChI is InChI=1S/C20H23NO4/c1-14-6-3-4-8-18(14)24-13-16-7-5-9-21(12-16)20(23)19-11-17(22)10-15(2)25-19/h3-4,6,8,10-11,16H,5,7,9,12-13H2,1-2H3. The van der Waals surface area contributed by atoms with E-state index in [2.05, 4.69) is 0 Å². The highest BCUT2D eigenvalue weighted by atomic mass is 16.5. The highest BCUT2D eigenvalue weighted by Gasteiger charge is 2.26. The molecule has 1 fully saturated rings. The van der Waals surface area contributed by atoms with Crippen molar-refractivity contribution < 1.29 is 13.9 Å². The van der Waals surface area contributed by atoms with Crippen LogP contribution in [0.5, 0.6) is 5.75 Å². The van der Waals surface area contributed by atoms with Crippen molar-refractivity contribution in [3.63, 3.8) is 0 Å². The first kappa shape index (κ1) is 17.3. The number of hydrogen-bond donors (Lipinski definition) is 0. The zero-order valence-electron chi connectivity index (χ0n) is 14.7. The van der Waals surface area contributed by atoms with Crippen LogP contribution in [0.15, 0.2) is 45.6 Å². The molecule has 5 nitrogen and oxygen atoms in total. The number of para-hydroxylation sites is 1. The molecule has 0 saturated carbocycles. The molecule has 2 aromatic rings. The first-order chi connectivity index (χ1) is 12.0. The summed E-state index contributed by atoms with van der Waals surface area (Å²) >= 11 is 0. The molecule has 5 heteroatoms. The number of likely N-dealkylation sites (tertiary alicyclic amines) is 1. The number of benzene rings is 1. The number of amides is 1. The minimum absolute atomic E-state index is 0.116. The number of aryl methyl sites for hydroxylation is 2. The Kier molecular flexibility index (Phi) is 5.22. The number of nitrogens with zero attached hydrogens (tertiary/aromatic N) is 1. The summed E-state index contributed by atoms with van der Waals surface area (Å²) in [7, 11) is 0. The molecule has 0 aliphatic carbocycles. The lowest BCUT2D eigenvalue weighted by atomic mass is 9.98. The minimum Gasteiger partial charge on any atom is -0.493 e. The van der Waals surface area contributed by atoms with Crippen LogP contribution >= 0.6 is 0 Å². The third kappa shape index (κ3) is 4.29. The van der Waals surface area contributed by atoms with Crippen molar-refractivity contribution in [3.8, 4) is 5.75 Å². The Hall–Kier alpha value is -2.56. The summed E-state index contributed by atoms with van der Waals surface area (Å²) in [5.41, 5.74) is 0.899. The van der Waals surface area contributed by atoms with Gasteiger partial charge in [0.05, 0.1) is 6.61 Å². The van der Waals surface area contributed by atoms with E-state index < -0.39 is 0 Å². The van der Waals surface area contributed by atoms with E-state index in [0.717, 1.165) is 24.2 Å². The van der Waals surface area contributed by atoms with E-state index in [1.807, 2.05) is 31.2 Å². The van der Waals surface area contributed by atoms with E-state index in [1.54, 1.807) is 11.8 Å². The smallest absolute Gasteiger partial charge is 0.289 e. The second-order valence-electron chi connectivity index (χ2n) is 6.60. The van der Waals surface area contributed by atoms with Crippen LogP contribution in [0.1, 0.15) is 34.7 Å². The Labute approximate surface area is 147 Å². The predicted octanol–water partition coefficient (Wildman–Crippen LogP) is 3.19. The molecular weight excluding hydrogens is 318 g/mol. The topological polar surface area (TPSA) is 59.8 Å². The van der Waals surface area contributed by atoms with Crippen LogP contribution in [-0.4, -0.2) is 30.5 Å². The van der Waals surface area contributed by atoms with Crippen molar-refractivity contribution in [3.05, 3.63) is 63.7 Å². The van der Waals surface area contributed by atoms with Crippen molar-refractivity contribution in [2.75, 3.05) is 19.7 Å². The van der Waals surface area contributed by atoms with E-state index in [0.29, 0.717) is 25.5 Å². The lowest BCUT2D eigenvalue weighted by molar-refractivity contribution is 0.0597. The van der Waals surface area contributed by atoms with Gasteiger partial charge in [-0.3, -0.25) is 9.59 Å². The van der Waals surface area contributed by atoms with Crippen LogP contribution < -0.4 is 10.2 Å². The zero-order chi connectivity index (χ0) is 17.8. The molecule has 1 aromatic heterocycles. The van der Waals surface area contributed by atoms with Gasteiger partial charge in [-0.2, -0.15) is 0 Å². The fraction of sp³-hybridized carbons (Fsp3) is 0.400. The lowest BCUT2D eigenvalue weighted by Gasteiger charge is -2.32. The van der Waals surface area contributed by atoms with Gasteiger partial charge in [-0.1, -0.05) is 18.2 Å². The molecule has 0 radical (unpaired) electrons. The zero-order valence-corrected chi connectivity index (χ0v) is 14.7. The number of piperidine rings is 1. The van der Waals surface area contributed by atoms with Gasteiger partial charge in [-0.15, -0.1) is 0 Å². The first-order valence-corrected chi connectivity index (χ1v) is 8.62. The van der Waals surface area contributed by atoms with Crippen molar-refractivity contribution in [2.45, 2.75) is 26.7 Å². The quantitative estimate of drug-likeness (QED) is 0.857. The maximum Gasteiger partial charge on any atom is 0.289 e. The molecular formula is C20H23NO4. The molecule has 1 aromatic carbocycles. The van der Waals surface area contributed by atoms with Crippen LogP contribution in [-0.2, 0) is 0 Å². The van der Waals surface area contributed by atoms with Crippen LogP contribution in [0.2, 0.25) is 0 Å². The molecule has 3 rings (SSSR count). The lowest BCUT2D eigenvalue weighted by Crippen LogP contribution is -2.41. The largest absolute Gasteiger partial charge is 0.493 e.